The lowest BCUT2D eigenvalue weighted by Crippen LogP contribution is -2.28. The van der Waals surface area contributed by atoms with Crippen molar-refractivity contribution in [2.45, 2.75) is 56.8 Å². The minimum atomic E-state index is -0.551. The number of carbonyl (C=O) groups excluding carboxylic acids is 2. The number of methoxy groups -OCH3 is 1. The number of halogens is 1. The van der Waals surface area contributed by atoms with Crippen LogP contribution in [0.3, 0.4) is 0 Å². The number of fused-ring (bicyclic) bond motifs is 2. The molecule has 0 aliphatic carbocycles. The van der Waals surface area contributed by atoms with Gasteiger partial charge in [0.2, 0.25) is 5.89 Å². The molecule has 2 saturated heterocycles. The molecule has 7 nitrogen and oxygen atoms in total. The lowest BCUT2D eigenvalue weighted by atomic mass is 9.75. The number of ether oxygens (including phenoxy) is 3. The Bertz CT molecular complexity index is 1230. The molecule has 188 valence electrons. The predicted octanol–water partition coefficient (Wildman–Crippen LogP) is 4.78. The van der Waals surface area contributed by atoms with E-state index in [-0.39, 0.29) is 54.6 Å². The quantitative estimate of drug-likeness (QED) is 0.397. The Morgan fingerprint density at radius 1 is 1.08 bits per heavy atom. The maximum atomic E-state index is 14.2. The molecule has 0 N–H and O–H groups in total. The SMILES string of the molecule is COC(=O)CCc1ccc(F)cc1CC1C2CCC(O2)C1c1nc(C(=O)OCc2ccccc2)co1. The highest BCUT2D eigenvalue weighted by atomic mass is 19.1. The summed E-state index contributed by atoms with van der Waals surface area (Å²) in [4.78, 5) is 28.7. The molecule has 0 spiro atoms. The average molecular weight is 494 g/mol. The van der Waals surface area contributed by atoms with Gasteiger partial charge in [0, 0.05) is 12.3 Å². The molecule has 36 heavy (non-hydrogen) atoms. The van der Waals surface area contributed by atoms with Crippen LogP contribution in [0.15, 0.2) is 59.2 Å². The summed E-state index contributed by atoms with van der Waals surface area (Å²) in [6, 6.07) is 14.1. The molecule has 0 saturated carbocycles. The van der Waals surface area contributed by atoms with E-state index in [1.165, 1.54) is 25.5 Å². The number of hydrogen-bond acceptors (Lipinski definition) is 7. The highest BCUT2D eigenvalue weighted by Crippen LogP contribution is 2.50. The van der Waals surface area contributed by atoms with Crippen LogP contribution in [0.4, 0.5) is 4.39 Å². The van der Waals surface area contributed by atoms with Gasteiger partial charge >= 0.3 is 11.9 Å². The first-order valence-corrected chi connectivity index (χ1v) is 12.2. The summed E-state index contributed by atoms with van der Waals surface area (Å²) in [5.41, 5.74) is 2.74. The molecule has 4 atom stereocenters. The fraction of sp³-hybridized carbons (Fsp3) is 0.393. The third-order valence-corrected chi connectivity index (χ3v) is 7.10. The number of rotatable bonds is 9. The number of aromatic nitrogens is 1. The van der Waals surface area contributed by atoms with E-state index >= 15 is 0 Å². The summed E-state index contributed by atoms with van der Waals surface area (Å²) in [6.45, 7) is 0.148. The lowest BCUT2D eigenvalue weighted by Gasteiger charge is -2.26. The number of benzene rings is 2. The van der Waals surface area contributed by atoms with Crippen LogP contribution in [0.25, 0.3) is 0 Å². The zero-order chi connectivity index (χ0) is 25.1. The van der Waals surface area contributed by atoms with Crippen LogP contribution in [0.5, 0.6) is 0 Å². The molecule has 3 heterocycles. The van der Waals surface area contributed by atoms with Gasteiger partial charge in [-0.1, -0.05) is 36.4 Å². The van der Waals surface area contributed by atoms with Crippen molar-refractivity contribution in [1.29, 1.82) is 0 Å². The van der Waals surface area contributed by atoms with Gasteiger partial charge in [-0.25, -0.2) is 14.2 Å². The smallest absolute Gasteiger partial charge is 0.360 e. The molecule has 2 aliphatic heterocycles. The maximum absolute atomic E-state index is 14.2. The Morgan fingerprint density at radius 2 is 1.89 bits per heavy atom. The third kappa shape index (κ3) is 5.18. The van der Waals surface area contributed by atoms with Gasteiger partial charge in [-0.05, 0) is 54.5 Å². The van der Waals surface area contributed by atoms with Gasteiger partial charge in [-0.2, -0.15) is 0 Å². The molecule has 2 fully saturated rings. The Kier molecular flexibility index (Phi) is 7.13. The van der Waals surface area contributed by atoms with E-state index in [0.717, 1.165) is 29.5 Å². The zero-order valence-electron chi connectivity index (χ0n) is 20.0. The van der Waals surface area contributed by atoms with E-state index in [0.29, 0.717) is 18.7 Å². The monoisotopic (exact) mass is 493 g/mol. The second-order valence-corrected chi connectivity index (χ2v) is 9.31. The molecule has 0 radical (unpaired) electrons. The van der Waals surface area contributed by atoms with Crippen molar-refractivity contribution < 1.29 is 32.6 Å². The first-order chi connectivity index (χ1) is 17.5. The van der Waals surface area contributed by atoms with Crippen molar-refractivity contribution in [3.05, 3.63) is 88.9 Å². The number of hydrogen-bond donors (Lipinski definition) is 0. The van der Waals surface area contributed by atoms with Crippen LogP contribution in [-0.2, 0) is 38.5 Å². The van der Waals surface area contributed by atoms with Crippen LogP contribution >= 0.6 is 0 Å². The van der Waals surface area contributed by atoms with E-state index in [9.17, 15) is 14.0 Å². The van der Waals surface area contributed by atoms with E-state index in [4.69, 9.17) is 18.6 Å². The molecular formula is C28H28FNO6. The largest absolute Gasteiger partial charge is 0.469 e. The number of oxazole rings is 1. The average Bonchev–Trinajstić information content (AvgIpc) is 3.64. The summed E-state index contributed by atoms with van der Waals surface area (Å²) in [6.07, 6.45) is 4.28. The van der Waals surface area contributed by atoms with Crippen LogP contribution in [-0.4, -0.2) is 36.2 Å². The summed E-state index contributed by atoms with van der Waals surface area (Å²) in [7, 11) is 1.35. The molecule has 2 bridgehead atoms. The van der Waals surface area contributed by atoms with Gasteiger partial charge < -0.3 is 18.6 Å². The van der Waals surface area contributed by atoms with Gasteiger partial charge in [0.15, 0.2) is 5.69 Å². The standard InChI is InChI=1S/C28H28FNO6/c1-33-25(31)12-8-18-7-9-20(29)13-19(18)14-21-23-10-11-24(36-23)26(21)27-30-22(16-34-27)28(32)35-15-17-5-3-2-4-6-17/h2-7,9,13,16,21,23-24,26H,8,10-12,14-15H2,1H3. The first kappa shape index (κ1) is 24.2. The van der Waals surface area contributed by atoms with Gasteiger partial charge in [0.05, 0.1) is 25.2 Å². The Hall–Kier alpha value is -3.52. The molecule has 3 aromatic rings. The van der Waals surface area contributed by atoms with Gasteiger partial charge in [-0.15, -0.1) is 0 Å². The predicted molar refractivity (Wildman–Crippen MR) is 127 cm³/mol. The van der Waals surface area contributed by atoms with Crippen LogP contribution in [0, 0.1) is 11.7 Å². The highest BCUT2D eigenvalue weighted by Gasteiger charge is 2.51. The molecule has 5 rings (SSSR count). The normalized spacial score (nSPS) is 22.5. The minimum Gasteiger partial charge on any atom is -0.469 e. The molecule has 2 aliphatic rings. The van der Waals surface area contributed by atoms with Crippen LogP contribution in [0.2, 0.25) is 0 Å². The van der Waals surface area contributed by atoms with Crippen LogP contribution in [0.1, 0.15) is 58.2 Å². The Labute approximate surface area is 208 Å². The topological polar surface area (TPSA) is 87.9 Å². The van der Waals surface area contributed by atoms with Crippen molar-refractivity contribution in [2.75, 3.05) is 7.11 Å². The summed E-state index contributed by atoms with van der Waals surface area (Å²) in [5.74, 6) is -0.897. The zero-order valence-corrected chi connectivity index (χ0v) is 20.0. The number of carbonyl (C=O) groups is 2. The molecule has 1 aromatic heterocycles. The third-order valence-electron chi connectivity index (χ3n) is 7.10. The molecular weight excluding hydrogens is 465 g/mol. The number of esters is 2. The van der Waals surface area contributed by atoms with Crippen LogP contribution < -0.4 is 0 Å². The lowest BCUT2D eigenvalue weighted by molar-refractivity contribution is -0.140. The molecule has 2 aromatic carbocycles. The second kappa shape index (κ2) is 10.6. The first-order valence-electron chi connectivity index (χ1n) is 12.2. The number of aryl methyl sites for hydroxylation is 1. The van der Waals surface area contributed by atoms with Gasteiger partial charge in [-0.3, -0.25) is 4.79 Å². The Morgan fingerprint density at radius 3 is 2.69 bits per heavy atom. The van der Waals surface area contributed by atoms with E-state index < -0.39 is 5.97 Å². The van der Waals surface area contributed by atoms with E-state index in [2.05, 4.69) is 4.98 Å². The van der Waals surface area contributed by atoms with Crippen molar-refractivity contribution >= 4 is 11.9 Å². The van der Waals surface area contributed by atoms with Crippen molar-refractivity contribution in [3.8, 4) is 0 Å². The second-order valence-electron chi connectivity index (χ2n) is 9.31. The van der Waals surface area contributed by atoms with Crippen molar-refractivity contribution in [3.63, 3.8) is 0 Å². The minimum absolute atomic E-state index is 0.00268. The summed E-state index contributed by atoms with van der Waals surface area (Å²) < 4.78 is 36.3. The Balaban J connectivity index is 1.31. The highest BCUT2D eigenvalue weighted by molar-refractivity contribution is 5.86. The van der Waals surface area contributed by atoms with Crippen molar-refractivity contribution in [1.82, 2.24) is 4.98 Å². The van der Waals surface area contributed by atoms with E-state index in [1.54, 1.807) is 6.07 Å². The fourth-order valence-electron chi connectivity index (χ4n) is 5.33. The van der Waals surface area contributed by atoms with E-state index in [1.807, 2.05) is 30.3 Å². The summed E-state index contributed by atoms with van der Waals surface area (Å²) >= 11 is 0. The molecule has 8 heteroatoms. The van der Waals surface area contributed by atoms with Gasteiger partial charge in [0.25, 0.3) is 0 Å². The molecule has 0 amide bonds. The maximum Gasteiger partial charge on any atom is 0.360 e. The number of nitrogens with zero attached hydrogens (tertiary/aromatic N) is 1. The fourth-order valence-corrected chi connectivity index (χ4v) is 5.33. The summed E-state index contributed by atoms with van der Waals surface area (Å²) in [5, 5.41) is 0. The van der Waals surface area contributed by atoms with Gasteiger partial charge in [0.1, 0.15) is 18.7 Å². The van der Waals surface area contributed by atoms with Crippen molar-refractivity contribution in [2.24, 2.45) is 5.92 Å². The molecule has 4 unspecified atom stereocenters.